The lowest BCUT2D eigenvalue weighted by Crippen LogP contribution is -2.40. The summed E-state index contributed by atoms with van der Waals surface area (Å²) in [7, 11) is 1.76. The summed E-state index contributed by atoms with van der Waals surface area (Å²) in [6.07, 6.45) is 4.28. The number of nitrogens with one attached hydrogen (secondary N) is 2. The lowest BCUT2D eigenvalue weighted by molar-refractivity contribution is 0.0697. The van der Waals surface area contributed by atoms with E-state index in [-0.39, 0.29) is 0 Å². The van der Waals surface area contributed by atoms with E-state index in [1.807, 2.05) is 6.20 Å². The van der Waals surface area contributed by atoms with Crippen molar-refractivity contribution in [2.75, 3.05) is 20.2 Å². The van der Waals surface area contributed by atoms with Crippen LogP contribution in [0.15, 0.2) is 48.7 Å². The molecule has 3 aromatic rings. The van der Waals surface area contributed by atoms with Gasteiger partial charge in [-0.1, -0.05) is 18.2 Å². The molecule has 31 heavy (non-hydrogen) atoms. The molecule has 2 heterocycles. The molecule has 0 radical (unpaired) electrons. The number of aromatic nitrogens is 1. The van der Waals surface area contributed by atoms with E-state index in [9.17, 15) is 4.79 Å². The Morgan fingerprint density at radius 1 is 1.29 bits per heavy atom. The van der Waals surface area contributed by atoms with Crippen molar-refractivity contribution >= 4 is 29.0 Å². The molecule has 1 aliphatic rings. The van der Waals surface area contributed by atoms with Crippen molar-refractivity contribution < 1.29 is 14.6 Å². The lowest BCUT2D eigenvalue weighted by atomic mass is 10.0. The first-order valence-corrected chi connectivity index (χ1v) is 11.2. The molecule has 0 saturated carbocycles. The number of methoxy groups -OCH3 is 1. The first kappa shape index (κ1) is 23.1. The molecular formula is C23H30N4O3S. The van der Waals surface area contributed by atoms with Crippen LogP contribution in [0.3, 0.4) is 0 Å². The maximum absolute atomic E-state index is 10.2. The number of aromatic amines is 1. The lowest BCUT2D eigenvalue weighted by Gasteiger charge is -2.32. The van der Waals surface area contributed by atoms with Crippen LogP contribution in [0.5, 0.6) is 5.75 Å². The molecule has 0 bridgehead atoms. The fourth-order valence-corrected chi connectivity index (χ4v) is 4.32. The zero-order valence-corrected chi connectivity index (χ0v) is 18.7. The highest BCUT2D eigenvalue weighted by molar-refractivity contribution is 7.95. The van der Waals surface area contributed by atoms with E-state index in [1.165, 1.54) is 34.2 Å². The Balaban J connectivity index is 0.000000254. The standard InChI is InChI=1S/C16H24N4OS.C7H6O2/c1-11-9-15(21-2)14(13-3-6-18-16(11)13)10-20-7-4-12(5-8-20)19-22-17;8-7(9)6-4-2-1-3-5-6/h3,6,9,12,18-19H,4-5,7-8,10,17H2,1-2H3;1-5H,(H,8,9). The van der Waals surface area contributed by atoms with Crippen LogP contribution in [-0.4, -0.2) is 47.2 Å². The Morgan fingerprint density at radius 2 is 2.00 bits per heavy atom. The van der Waals surface area contributed by atoms with Gasteiger partial charge in [-0.25, -0.2) is 9.52 Å². The van der Waals surface area contributed by atoms with Crippen LogP contribution < -0.4 is 14.6 Å². The Kier molecular flexibility index (Phi) is 8.36. The van der Waals surface area contributed by atoms with Crippen LogP contribution in [0.2, 0.25) is 0 Å². The smallest absolute Gasteiger partial charge is 0.335 e. The number of aromatic carboxylic acids is 1. The van der Waals surface area contributed by atoms with Crippen molar-refractivity contribution in [3.8, 4) is 5.75 Å². The summed E-state index contributed by atoms with van der Waals surface area (Å²) in [5, 5.41) is 15.1. The number of hydrogen-bond donors (Lipinski definition) is 4. The minimum Gasteiger partial charge on any atom is -0.496 e. The molecule has 0 spiro atoms. The number of ether oxygens (including phenoxy) is 1. The number of nitrogens with zero attached hydrogens (tertiary/aromatic N) is 1. The topological polar surface area (TPSA) is 104 Å². The number of fused-ring (bicyclic) bond motifs is 1. The van der Waals surface area contributed by atoms with E-state index >= 15 is 0 Å². The van der Waals surface area contributed by atoms with Gasteiger partial charge in [0.05, 0.1) is 12.7 Å². The van der Waals surface area contributed by atoms with Crippen LogP contribution in [0.4, 0.5) is 0 Å². The first-order valence-electron chi connectivity index (χ1n) is 10.3. The molecule has 2 aromatic carbocycles. The number of hydrogen-bond acceptors (Lipinski definition) is 6. The third-order valence-corrected chi connectivity index (χ3v) is 6.03. The van der Waals surface area contributed by atoms with Crippen LogP contribution >= 0.6 is 12.1 Å². The highest BCUT2D eigenvalue weighted by Gasteiger charge is 2.21. The molecule has 7 nitrogen and oxygen atoms in total. The zero-order valence-electron chi connectivity index (χ0n) is 17.9. The maximum Gasteiger partial charge on any atom is 0.335 e. The van der Waals surface area contributed by atoms with Crippen LogP contribution in [0, 0.1) is 6.92 Å². The largest absolute Gasteiger partial charge is 0.496 e. The van der Waals surface area contributed by atoms with Gasteiger partial charge in [0.25, 0.3) is 0 Å². The van der Waals surface area contributed by atoms with E-state index in [4.69, 9.17) is 15.0 Å². The zero-order chi connectivity index (χ0) is 22.2. The fraction of sp³-hybridized carbons (Fsp3) is 0.348. The Hall–Kier alpha value is -2.52. The van der Waals surface area contributed by atoms with E-state index in [0.717, 1.165) is 38.2 Å². The summed E-state index contributed by atoms with van der Waals surface area (Å²) in [6.45, 7) is 5.22. The average molecular weight is 443 g/mol. The molecular weight excluding hydrogens is 412 g/mol. The number of nitrogens with two attached hydrogens (primary N) is 1. The number of carboxylic acids is 1. The molecule has 0 unspecified atom stereocenters. The molecule has 4 rings (SSSR count). The normalized spacial score (nSPS) is 14.8. The van der Waals surface area contributed by atoms with E-state index in [0.29, 0.717) is 11.6 Å². The van der Waals surface area contributed by atoms with Gasteiger partial charge in [-0.2, -0.15) is 0 Å². The van der Waals surface area contributed by atoms with Crippen LogP contribution in [0.25, 0.3) is 10.9 Å². The van der Waals surface area contributed by atoms with Gasteiger partial charge in [-0.3, -0.25) is 10.0 Å². The van der Waals surface area contributed by atoms with Gasteiger partial charge in [-0.15, -0.1) is 0 Å². The number of carbonyl (C=O) groups is 1. The molecule has 166 valence electrons. The second-order valence-electron chi connectivity index (χ2n) is 7.60. The molecule has 5 N–H and O–H groups in total. The summed E-state index contributed by atoms with van der Waals surface area (Å²) in [5.74, 6) is 0.109. The van der Waals surface area contributed by atoms with Gasteiger partial charge in [0.2, 0.25) is 0 Å². The third-order valence-electron chi connectivity index (χ3n) is 5.56. The van der Waals surface area contributed by atoms with Gasteiger partial charge in [-0.05, 0) is 49.6 Å². The van der Waals surface area contributed by atoms with Crippen molar-refractivity contribution in [3.05, 3.63) is 65.4 Å². The number of aryl methyl sites for hydroxylation is 1. The molecule has 1 saturated heterocycles. The van der Waals surface area contributed by atoms with Gasteiger partial charge in [0, 0.05) is 60.5 Å². The maximum atomic E-state index is 10.2. The number of carboxylic acid groups (broad SMARTS) is 1. The number of piperidine rings is 1. The van der Waals surface area contributed by atoms with Gasteiger partial charge >= 0.3 is 5.97 Å². The average Bonchev–Trinajstić information content (AvgIpc) is 3.29. The number of benzene rings is 2. The second-order valence-corrected chi connectivity index (χ2v) is 8.07. The van der Waals surface area contributed by atoms with Crippen molar-refractivity contribution in [2.45, 2.75) is 32.4 Å². The molecule has 1 fully saturated rings. The van der Waals surface area contributed by atoms with E-state index in [1.54, 1.807) is 37.4 Å². The quantitative estimate of drug-likeness (QED) is 0.429. The minimum atomic E-state index is -0.879. The van der Waals surface area contributed by atoms with Gasteiger partial charge in [0.1, 0.15) is 5.75 Å². The number of rotatable bonds is 6. The molecule has 0 atom stereocenters. The highest BCUT2D eigenvalue weighted by Crippen LogP contribution is 2.32. The number of H-pyrrole nitrogens is 1. The molecule has 1 aliphatic heterocycles. The second kappa shape index (κ2) is 11.2. The molecule has 0 aliphatic carbocycles. The molecule has 0 amide bonds. The number of likely N-dealkylation sites (tertiary alicyclic amines) is 1. The van der Waals surface area contributed by atoms with E-state index < -0.39 is 5.97 Å². The third kappa shape index (κ3) is 6.01. The first-order chi connectivity index (χ1) is 15.0. The Bertz CT molecular complexity index is 985. The SMILES string of the molecule is COc1cc(C)c2[nH]ccc2c1CN1CCC(NSN)CC1.O=C(O)c1ccccc1. The van der Waals surface area contributed by atoms with Crippen molar-refractivity contribution in [3.63, 3.8) is 0 Å². The summed E-state index contributed by atoms with van der Waals surface area (Å²) < 4.78 is 8.89. The minimum absolute atomic E-state index is 0.331. The van der Waals surface area contributed by atoms with Crippen molar-refractivity contribution in [2.24, 2.45) is 5.14 Å². The summed E-state index contributed by atoms with van der Waals surface area (Å²) in [4.78, 5) is 16.0. The van der Waals surface area contributed by atoms with E-state index in [2.05, 4.69) is 33.7 Å². The molecule has 8 heteroatoms. The van der Waals surface area contributed by atoms with Crippen molar-refractivity contribution in [1.29, 1.82) is 0 Å². The predicted molar refractivity (Wildman–Crippen MR) is 126 cm³/mol. The monoisotopic (exact) mass is 442 g/mol. The summed E-state index contributed by atoms with van der Waals surface area (Å²) >= 11 is 1.23. The Labute approximate surface area is 187 Å². The fourth-order valence-electron chi connectivity index (χ4n) is 3.89. The van der Waals surface area contributed by atoms with Gasteiger partial charge < -0.3 is 14.8 Å². The molecule has 1 aromatic heterocycles. The Morgan fingerprint density at radius 3 is 2.58 bits per heavy atom. The summed E-state index contributed by atoms with van der Waals surface area (Å²) in [6, 6.07) is 13.1. The summed E-state index contributed by atoms with van der Waals surface area (Å²) in [5.41, 5.74) is 4.05. The highest BCUT2D eigenvalue weighted by atomic mass is 32.2. The predicted octanol–water partition coefficient (Wildman–Crippen LogP) is 3.95. The van der Waals surface area contributed by atoms with Gasteiger partial charge in [0.15, 0.2) is 0 Å². The van der Waals surface area contributed by atoms with Crippen molar-refractivity contribution in [1.82, 2.24) is 14.6 Å². The van der Waals surface area contributed by atoms with Crippen LogP contribution in [-0.2, 0) is 6.54 Å². The van der Waals surface area contributed by atoms with Crippen LogP contribution in [0.1, 0.15) is 34.3 Å².